The number of fused-ring (bicyclic) bond motifs is 2. The first kappa shape index (κ1) is 42.0. The highest BCUT2D eigenvalue weighted by Gasteiger charge is 2.20. The molecule has 2 atom stereocenters. The van der Waals surface area contributed by atoms with Crippen LogP contribution in [0, 0.1) is 0 Å². The van der Waals surface area contributed by atoms with Crippen LogP contribution in [0.5, 0.6) is 0 Å². The molecule has 8 aromatic carbocycles. The first-order chi connectivity index (χ1) is 29.3. The molecule has 6 N–H and O–H groups in total. The number of carboxylic acids is 2. The molecule has 60 heavy (non-hydrogen) atoms. The number of nitrogens with two attached hydrogens (primary N) is 2. The van der Waals surface area contributed by atoms with Gasteiger partial charge in [0.1, 0.15) is 12.1 Å². The number of hydrogen-bond acceptors (Lipinski definition) is 6. The minimum Gasteiger partial charge on any atom is -0.480 e. The van der Waals surface area contributed by atoms with E-state index in [1.807, 2.05) is 36.4 Å². The molecule has 8 rings (SSSR count). The van der Waals surface area contributed by atoms with Crippen molar-refractivity contribution in [2.75, 3.05) is 11.5 Å². The predicted molar refractivity (Wildman–Crippen MR) is 253 cm³/mol. The molecule has 0 unspecified atom stereocenters. The Balaban J connectivity index is 0.000000181. The summed E-state index contributed by atoms with van der Waals surface area (Å²) in [5, 5.41) is 23.0. The summed E-state index contributed by atoms with van der Waals surface area (Å²) >= 11 is 3.13. The summed E-state index contributed by atoms with van der Waals surface area (Å²) in [5.74, 6) is 0.173. The van der Waals surface area contributed by atoms with E-state index >= 15 is 0 Å². The van der Waals surface area contributed by atoms with Gasteiger partial charge in [0.25, 0.3) is 0 Å². The Morgan fingerprint density at radius 2 is 0.800 bits per heavy atom. The molecule has 0 amide bonds. The van der Waals surface area contributed by atoms with Gasteiger partial charge in [-0.3, -0.25) is 9.59 Å². The highest BCUT2D eigenvalue weighted by molar-refractivity contribution is 7.98. The second kappa shape index (κ2) is 20.2. The zero-order chi connectivity index (χ0) is 41.8. The van der Waals surface area contributed by atoms with Crippen LogP contribution in [0.25, 0.3) is 66.1 Å². The molecule has 0 aliphatic carbocycles. The second-order valence-corrected chi connectivity index (χ2v) is 16.4. The first-order valence-electron chi connectivity index (χ1n) is 19.7. The van der Waals surface area contributed by atoms with Gasteiger partial charge in [0.2, 0.25) is 0 Å². The zero-order valence-corrected chi connectivity index (χ0v) is 34.6. The quantitative estimate of drug-likeness (QED) is 0.0854. The number of hydrogen-bond donors (Lipinski definition) is 4. The summed E-state index contributed by atoms with van der Waals surface area (Å²) in [4.78, 5) is 22.3. The van der Waals surface area contributed by atoms with Crippen LogP contribution in [0.1, 0.15) is 11.1 Å². The molecule has 0 saturated carbocycles. The van der Waals surface area contributed by atoms with E-state index in [2.05, 4.69) is 146 Å². The predicted octanol–water partition coefficient (Wildman–Crippen LogP) is 11.6. The van der Waals surface area contributed by atoms with Crippen LogP contribution in [-0.2, 0) is 21.1 Å². The average molecular weight is 827 g/mol. The minimum atomic E-state index is -0.965. The molecular formula is C52H46N2O4S2. The highest BCUT2D eigenvalue weighted by atomic mass is 32.2. The van der Waals surface area contributed by atoms with E-state index in [1.165, 1.54) is 54.9 Å². The lowest BCUT2D eigenvalue weighted by Gasteiger charge is -2.19. The lowest BCUT2D eigenvalue weighted by molar-refractivity contribution is -0.138. The zero-order valence-electron chi connectivity index (χ0n) is 33.0. The topological polar surface area (TPSA) is 127 Å². The highest BCUT2D eigenvalue weighted by Crippen LogP contribution is 2.42. The number of thioether (sulfide) groups is 2. The number of benzene rings is 8. The van der Waals surface area contributed by atoms with Gasteiger partial charge in [0.15, 0.2) is 0 Å². The Bertz CT molecular complexity index is 2700. The van der Waals surface area contributed by atoms with Gasteiger partial charge in [-0.15, -0.1) is 0 Å². The Morgan fingerprint density at radius 3 is 1.30 bits per heavy atom. The van der Waals surface area contributed by atoms with E-state index in [4.69, 9.17) is 21.7 Å². The molecule has 0 saturated heterocycles. The van der Waals surface area contributed by atoms with Gasteiger partial charge >= 0.3 is 11.9 Å². The van der Waals surface area contributed by atoms with Crippen LogP contribution in [-0.4, -0.2) is 45.7 Å². The van der Waals surface area contributed by atoms with Crippen LogP contribution in [0.2, 0.25) is 0 Å². The van der Waals surface area contributed by atoms with Crippen molar-refractivity contribution in [1.82, 2.24) is 0 Å². The fraction of sp³-hybridized carbons (Fsp3) is 0.115. The van der Waals surface area contributed by atoms with E-state index in [-0.39, 0.29) is 0 Å². The first-order valence-corrected chi connectivity index (χ1v) is 22.0. The lowest BCUT2D eigenvalue weighted by atomic mass is 9.87. The van der Waals surface area contributed by atoms with E-state index < -0.39 is 24.0 Å². The van der Waals surface area contributed by atoms with Crippen molar-refractivity contribution in [3.63, 3.8) is 0 Å². The molecule has 0 radical (unpaired) electrons. The molecule has 0 aliphatic rings. The van der Waals surface area contributed by atoms with Crippen molar-refractivity contribution in [1.29, 1.82) is 0 Å². The van der Waals surface area contributed by atoms with E-state index in [9.17, 15) is 9.59 Å². The molecular weight excluding hydrogens is 781 g/mol. The maximum absolute atomic E-state index is 11.2. The van der Waals surface area contributed by atoms with Gasteiger partial charge in [0, 0.05) is 23.0 Å². The third kappa shape index (κ3) is 9.99. The smallest absolute Gasteiger partial charge is 0.321 e. The fourth-order valence-corrected chi connectivity index (χ4v) is 9.46. The number of carbonyl (C=O) groups is 2. The van der Waals surface area contributed by atoms with Gasteiger partial charge in [-0.2, -0.15) is 23.5 Å². The molecule has 300 valence electrons. The summed E-state index contributed by atoms with van der Waals surface area (Å²) in [6.45, 7) is 0. The van der Waals surface area contributed by atoms with Crippen molar-refractivity contribution in [2.45, 2.75) is 23.6 Å². The van der Waals surface area contributed by atoms with E-state index in [0.29, 0.717) is 23.0 Å². The largest absolute Gasteiger partial charge is 0.480 e. The molecule has 6 nitrogen and oxygen atoms in total. The molecule has 0 spiro atoms. The summed E-state index contributed by atoms with van der Waals surface area (Å²) in [6, 6.07) is 61.1. The lowest BCUT2D eigenvalue weighted by Crippen LogP contribution is -2.32. The van der Waals surface area contributed by atoms with Crippen molar-refractivity contribution in [3.05, 3.63) is 193 Å². The molecule has 0 bridgehead atoms. The van der Waals surface area contributed by atoms with Gasteiger partial charge in [-0.1, -0.05) is 170 Å². The van der Waals surface area contributed by atoms with Crippen LogP contribution >= 0.6 is 23.5 Å². The number of carboxylic acid groups (broad SMARTS) is 2. The Labute approximate surface area is 359 Å². The maximum atomic E-state index is 11.2. The SMILES string of the molecule is N[C@@H](CSCc1c(-c2ccccc2)c(-c2ccccc2)cc2ccccc12)C(=O)O.N[C@@H](CSCc1c(-c2ccccc2)cc2ccccc2c1-c1ccccc1)C(=O)O. The molecule has 8 heteroatoms. The van der Waals surface area contributed by atoms with Crippen LogP contribution in [0.15, 0.2) is 182 Å². The summed E-state index contributed by atoms with van der Waals surface area (Å²) in [5.41, 5.74) is 23.3. The average Bonchev–Trinajstić information content (AvgIpc) is 3.29. The Hall–Kier alpha value is -6.16. The van der Waals surface area contributed by atoms with Crippen molar-refractivity contribution in [3.8, 4) is 44.5 Å². The van der Waals surface area contributed by atoms with E-state index in [1.54, 1.807) is 23.5 Å². The van der Waals surface area contributed by atoms with Crippen molar-refractivity contribution < 1.29 is 19.8 Å². The fourth-order valence-electron chi connectivity index (χ4n) is 7.42. The maximum Gasteiger partial charge on any atom is 0.321 e. The molecule has 0 fully saturated rings. The summed E-state index contributed by atoms with van der Waals surface area (Å²) in [7, 11) is 0. The van der Waals surface area contributed by atoms with E-state index in [0.717, 1.165) is 22.3 Å². The van der Waals surface area contributed by atoms with Gasteiger partial charge in [0.05, 0.1) is 0 Å². The minimum absolute atomic E-state index is 0.366. The third-order valence-electron chi connectivity index (χ3n) is 10.3. The van der Waals surface area contributed by atoms with Gasteiger partial charge in [-0.05, 0) is 89.3 Å². The Kier molecular flexibility index (Phi) is 14.1. The molecule has 0 aliphatic heterocycles. The van der Waals surface area contributed by atoms with Gasteiger partial charge < -0.3 is 21.7 Å². The normalized spacial score (nSPS) is 12.0. The van der Waals surface area contributed by atoms with Crippen LogP contribution in [0.3, 0.4) is 0 Å². The standard InChI is InChI=1S/2C26H23NO2S/c27-24(26(28)29)17-30-16-23-22(18-9-3-1-4-10-18)15-20-13-7-8-14-21(20)25(23)19-11-5-2-6-12-19;27-24(26(28)29)17-30-16-23-21-14-8-7-13-20(21)15-22(18-9-3-1-4-10-18)25(23)19-11-5-2-6-12-19/h2*1-15,24H,16-17,27H2,(H,28,29)/t2*24-/m00/s1. The Morgan fingerprint density at radius 1 is 0.433 bits per heavy atom. The summed E-state index contributed by atoms with van der Waals surface area (Å²) in [6.07, 6.45) is 0. The van der Waals surface area contributed by atoms with Crippen LogP contribution in [0.4, 0.5) is 0 Å². The number of aliphatic carboxylic acids is 2. The third-order valence-corrected chi connectivity index (χ3v) is 12.5. The summed E-state index contributed by atoms with van der Waals surface area (Å²) < 4.78 is 0. The molecule has 0 aromatic heterocycles. The monoisotopic (exact) mass is 826 g/mol. The van der Waals surface area contributed by atoms with Crippen molar-refractivity contribution in [2.24, 2.45) is 11.5 Å². The number of rotatable bonds is 14. The van der Waals surface area contributed by atoms with Gasteiger partial charge in [-0.25, -0.2) is 0 Å². The molecule has 8 aromatic rings. The molecule has 0 heterocycles. The van der Waals surface area contributed by atoms with Crippen LogP contribution < -0.4 is 11.5 Å². The van der Waals surface area contributed by atoms with Crippen molar-refractivity contribution >= 4 is 57.0 Å². The second-order valence-electron chi connectivity index (χ2n) is 14.4.